The molecule has 0 saturated carbocycles. The molecule has 1 aromatic carbocycles. The number of hydrogen-bond acceptors (Lipinski definition) is 3. The first-order valence-electron chi connectivity index (χ1n) is 7.99. The fourth-order valence-electron chi connectivity index (χ4n) is 2.56. The van der Waals surface area contributed by atoms with Crippen molar-refractivity contribution in [3.05, 3.63) is 28.2 Å². The highest BCUT2D eigenvalue weighted by Crippen LogP contribution is 2.28. The summed E-state index contributed by atoms with van der Waals surface area (Å²) in [5, 5.41) is 3.89. The van der Waals surface area contributed by atoms with Crippen molar-refractivity contribution in [2.75, 3.05) is 6.61 Å². The molecule has 4 nitrogen and oxygen atoms in total. The number of ether oxygens (including phenoxy) is 2. The molecule has 23 heavy (non-hydrogen) atoms. The van der Waals surface area contributed by atoms with E-state index in [-0.39, 0.29) is 11.9 Å². The van der Waals surface area contributed by atoms with Crippen LogP contribution in [-0.4, -0.2) is 30.8 Å². The quantitative estimate of drug-likeness (QED) is 0.792. The van der Waals surface area contributed by atoms with Crippen molar-refractivity contribution in [2.24, 2.45) is 0 Å². The molecule has 3 atom stereocenters. The SMILES string of the molecule is CC(CCC1CCCO1)NC(=O)C(C)Oc1ccc(Cl)cc1Cl. The number of amides is 1. The molecule has 2 rings (SSSR count). The van der Waals surface area contributed by atoms with Gasteiger partial charge in [0, 0.05) is 17.7 Å². The predicted molar refractivity (Wildman–Crippen MR) is 92.4 cm³/mol. The van der Waals surface area contributed by atoms with Gasteiger partial charge in [0.15, 0.2) is 6.10 Å². The summed E-state index contributed by atoms with van der Waals surface area (Å²) in [4.78, 5) is 12.2. The summed E-state index contributed by atoms with van der Waals surface area (Å²) in [5.74, 6) is 0.293. The maximum absolute atomic E-state index is 12.2. The van der Waals surface area contributed by atoms with Gasteiger partial charge in [0.2, 0.25) is 0 Å². The molecule has 3 unspecified atom stereocenters. The van der Waals surface area contributed by atoms with Crippen molar-refractivity contribution in [3.8, 4) is 5.75 Å². The maximum Gasteiger partial charge on any atom is 0.260 e. The average molecular weight is 360 g/mol. The number of carbonyl (C=O) groups excluding carboxylic acids is 1. The molecule has 0 spiro atoms. The van der Waals surface area contributed by atoms with Gasteiger partial charge < -0.3 is 14.8 Å². The van der Waals surface area contributed by atoms with Crippen molar-refractivity contribution in [3.63, 3.8) is 0 Å². The van der Waals surface area contributed by atoms with Gasteiger partial charge in [-0.3, -0.25) is 4.79 Å². The van der Waals surface area contributed by atoms with Gasteiger partial charge in [-0.25, -0.2) is 0 Å². The molecular weight excluding hydrogens is 337 g/mol. The van der Waals surface area contributed by atoms with Crippen molar-refractivity contribution in [2.45, 2.75) is 57.8 Å². The van der Waals surface area contributed by atoms with E-state index in [4.69, 9.17) is 32.7 Å². The Morgan fingerprint density at radius 1 is 1.43 bits per heavy atom. The van der Waals surface area contributed by atoms with Crippen molar-refractivity contribution >= 4 is 29.1 Å². The Morgan fingerprint density at radius 2 is 2.22 bits per heavy atom. The second kappa shape index (κ2) is 8.76. The number of nitrogens with one attached hydrogen (secondary N) is 1. The van der Waals surface area contributed by atoms with Crippen LogP contribution in [0.3, 0.4) is 0 Å². The fourth-order valence-corrected chi connectivity index (χ4v) is 3.01. The summed E-state index contributed by atoms with van der Waals surface area (Å²) in [5.41, 5.74) is 0. The molecule has 1 aliphatic rings. The predicted octanol–water partition coefficient (Wildman–Crippen LogP) is 4.22. The Hall–Kier alpha value is -0.970. The van der Waals surface area contributed by atoms with E-state index in [9.17, 15) is 4.79 Å². The molecule has 1 aliphatic heterocycles. The minimum Gasteiger partial charge on any atom is -0.479 e. The molecular formula is C17H23Cl2NO3. The summed E-state index contributed by atoms with van der Waals surface area (Å²) >= 11 is 11.9. The van der Waals surface area contributed by atoms with E-state index >= 15 is 0 Å². The third-order valence-corrected chi connectivity index (χ3v) is 4.43. The van der Waals surface area contributed by atoms with E-state index < -0.39 is 6.10 Å². The van der Waals surface area contributed by atoms with E-state index in [0.717, 1.165) is 32.3 Å². The number of carbonyl (C=O) groups is 1. The van der Waals surface area contributed by atoms with Gasteiger partial charge in [0.25, 0.3) is 5.91 Å². The summed E-state index contributed by atoms with van der Waals surface area (Å²) < 4.78 is 11.2. The number of benzene rings is 1. The normalized spacial score (nSPS) is 20.1. The van der Waals surface area contributed by atoms with Gasteiger partial charge in [-0.1, -0.05) is 23.2 Å². The lowest BCUT2D eigenvalue weighted by Crippen LogP contribution is -2.41. The van der Waals surface area contributed by atoms with Gasteiger partial charge in [-0.15, -0.1) is 0 Å². The first-order chi connectivity index (χ1) is 11.0. The largest absolute Gasteiger partial charge is 0.479 e. The smallest absolute Gasteiger partial charge is 0.260 e. The lowest BCUT2D eigenvalue weighted by molar-refractivity contribution is -0.127. The zero-order valence-corrected chi connectivity index (χ0v) is 15.0. The van der Waals surface area contributed by atoms with Crippen LogP contribution in [0.25, 0.3) is 0 Å². The fraction of sp³-hybridized carbons (Fsp3) is 0.588. The van der Waals surface area contributed by atoms with Crippen LogP contribution in [0.15, 0.2) is 18.2 Å². The van der Waals surface area contributed by atoms with Crippen molar-refractivity contribution in [1.82, 2.24) is 5.32 Å². The number of halogens is 2. The van der Waals surface area contributed by atoms with E-state index in [2.05, 4.69) is 5.32 Å². The van der Waals surface area contributed by atoms with Crippen LogP contribution in [0.1, 0.15) is 39.5 Å². The number of hydrogen-bond donors (Lipinski definition) is 1. The van der Waals surface area contributed by atoms with Crippen molar-refractivity contribution < 1.29 is 14.3 Å². The molecule has 0 bridgehead atoms. The first-order valence-corrected chi connectivity index (χ1v) is 8.75. The Labute approximate surface area is 147 Å². The Balaban J connectivity index is 1.77. The Kier molecular flexibility index (Phi) is 7.00. The Morgan fingerprint density at radius 3 is 2.87 bits per heavy atom. The summed E-state index contributed by atoms with van der Waals surface area (Å²) in [7, 11) is 0. The van der Waals surface area contributed by atoms with Gasteiger partial charge in [0.05, 0.1) is 11.1 Å². The maximum atomic E-state index is 12.2. The van der Waals surface area contributed by atoms with Crippen LogP contribution >= 0.6 is 23.2 Å². The third kappa shape index (κ3) is 5.87. The summed E-state index contributed by atoms with van der Waals surface area (Å²) in [6.45, 7) is 4.56. The molecule has 1 fully saturated rings. The average Bonchev–Trinajstić information content (AvgIpc) is 3.01. The molecule has 1 aromatic rings. The summed E-state index contributed by atoms with van der Waals surface area (Å²) in [6.07, 6.45) is 3.84. The summed E-state index contributed by atoms with van der Waals surface area (Å²) in [6, 6.07) is 5.01. The van der Waals surface area contributed by atoms with Gasteiger partial charge in [-0.05, 0) is 57.7 Å². The van der Waals surface area contributed by atoms with Crippen LogP contribution in [0.2, 0.25) is 10.0 Å². The van der Waals surface area contributed by atoms with Crippen LogP contribution in [-0.2, 0) is 9.53 Å². The van der Waals surface area contributed by atoms with Crippen molar-refractivity contribution in [1.29, 1.82) is 0 Å². The van der Waals surface area contributed by atoms with Crippen LogP contribution in [0, 0.1) is 0 Å². The van der Waals surface area contributed by atoms with Gasteiger partial charge in [-0.2, -0.15) is 0 Å². The zero-order valence-electron chi connectivity index (χ0n) is 13.5. The molecule has 1 N–H and O–H groups in total. The topological polar surface area (TPSA) is 47.6 Å². The zero-order chi connectivity index (χ0) is 16.8. The third-order valence-electron chi connectivity index (χ3n) is 3.90. The highest BCUT2D eigenvalue weighted by Gasteiger charge is 2.20. The van der Waals surface area contributed by atoms with Crippen LogP contribution in [0.4, 0.5) is 0 Å². The lowest BCUT2D eigenvalue weighted by atomic mass is 10.1. The molecule has 1 amide bonds. The van der Waals surface area contributed by atoms with E-state index in [1.807, 2.05) is 6.92 Å². The van der Waals surface area contributed by atoms with Gasteiger partial charge in [0.1, 0.15) is 5.75 Å². The molecule has 0 aromatic heterocycles. The number of rotatable bonds is 7. The van der Waals surface area contributed by atoms with E-state index in [1.54, 1.807) is 25.1 Å². The second-order valence-electron chi connectivity index (χ2n) is 5.96. The van der Waals surface area contributed by atoms with E-state index in [1.165, 1.54) is 0 Å². The molecule has 0 radical (unpaired) electrons. The standard InChI is InChI=1S/C17H23Cl2NO3/c1-11(5-7-14-4-3-9-22-14)20-17(21)12(2)23-16-8-6-13(18)10-15(16)19/h6,8,10-12,14H,3-5,7,9H2,1-2H3,(H,20,21). The first kappa shape index (κ1) is 18.4. The second-order valence-corrected chi connectivity index (χ2v) is 6.80. The molecule has 0 aliphatic carbocycles. The van der Waals surface area contributed by atoms with E-state index in [0.29, 0.717) is 21.9 Å². The van der Waals surface area contributed by atoms with Crippen LogP contribution < -0.4 is 10.1 Å². The monoisotopic (exact) mass is 359 g/mol. The Bertz CT molecular complexity index is 533. The molecule has 128 valence electrons. The molecule has 6 heteroatoms. The van der Waals surface area contributed by atoms with Crippen LogP contribution in [0.5, 0.6) is 5.75 Å². The highest BCUT2D eigenvalue weighted by atomic mass is 35.5. The minimum absolute atomic E-state index is 0.0819. The molecule has 1 saturated heterocycles. The lowest BCUT2D eigenvalue weighted by Gasteiger charge is -2.20. The highest BCUT2D eigenvalue weighted by molar-refractivity contribution is 6.35. The minimum atomic E-state index is -0.626. The van der Waals surface area contributed by atoms with Gasteiger partial charge >= 0.3 is 0 Å². The molecule has 1 heterocycles.